The van der Waals surface area contributed by atoms with Crippen LogP contribution in [-0.2, 0) is 28.6 Å². The number of rotatable bonds is 64. The Hall–Kier alpha value is -2.89. The summed E-state index contributed by atoms with van der Waals surface area (Å²) in [6.45, 7) is 6.65. The summed E-state index contributed by atoms with van der Waals surface area (Å²) in [5, 5.41) is 0. The van der Waals surface area contributed by atoms with Crippen molar-refractivity contribution in [2.45, 2.75) is 374 Å². The minimum absolute atomic E-state index is 0.0778. The first-order valence-corrected chi connectivity index (χ1v) is 34.8. The fourth-order valence-corrected chi connectivity index (χ4v) is 10.2. The smallest absolute Gasteiger partial charge is 0.306 e. The summed E-state index contributed by atoms with van der Waals surface area (Å²) >= 11 is 0. The van der Waals surface area contributed by atoms with E-state index in [1.165, 1.54) is 244 Å². The molecule has 0 N–H and O–H groups in total. The van der Waals surface area contributed by atoms with Gasteiger partial charge < -0.3 is 14.2 Å². The van der Waals surface area contributed by atoms with Crippen LogP contribution >= 0.6 is 0 Å². The first-order chi connectivity index (χ1) is 39.0. The SMILES string of the molecule is CCCCCC/C=C\C/C=C\CCCCCCCC(=O)OCC(COC(=O)CCCCCCCCCCCCCCCCC/C=C\C/C=C\CCCCCCC)OC(=O)CCCCCCCCC/C=C\CCCCCCCCC. The molecule has 1 atom stereocenters. The fraction of sp³-hybridized carbons (Fsp3) is 0.822. The molecule has 0 aliphatic carbocycles. The first-order valence-electron chi connectivity index (χ1n) is 34.8. The molecule has 0 aliphatic rings. The van der Waals surface area contributed by atoms with Crippen LogP contribution in [0, 0.1) is 0 Å². The largest absolute Gasteiger partial charge is 0.462 e. The van der Waals surface area contributed by atoms with Crippen LogP contribution in [0.3, 0.4) is 0 Å². The lowest BCUT2D eigenvalue weighted by atomic mass is 10.0. The summed E-state index contributed by atoms with van der Waals surface area (Å²) in [6.07, 6.45) is 86.7. The molecule has 6 nitrogen and oxygen atoms in total. The number of ether oxygens (including phenoxy) is 3. The molecule has 0 saturated heterocycles. The van der Waals surface area contributed by atoms with E-state index < -0.39 is 6.10 Å². The predicted molar refractivity (Wildman–Crippen MR) is 344 cm³/mol. The van der Waals surface area contributed by atoms with E-state index in [-0.39, 0.29) is 31.1 Å². The highest BCUT2D eigenvalue weighted by molar-refractivity contribution is 5.71. The highest BCUT2D eigenvalue weighted by atomic mass is 16.6. The van der Waals surface area contributed by atoms with E-state index in [1.807, 2.05) is 0 Å². The van der Waals surface area contributed by atoms with Gasteiger partial charge in [-0.15, -0.1) is 0 Å². The third kappa shape index (κ3) is 65.8. The molecule has 0 aromatic rings. The second-order valence-electron chi connectivity index (χ2n) is 23.4. The van der Waals surface area contributed by atoms with E-state index in [0.29, 0.717) is 19.3 Å². The van der Waals surface area contributed by atoms with Gasteiger partial charge in [-0.05, 0) is 109 Å². The van der Waals surface area contributed by atoms with Crippen molar-refractivity contribution in [3.8, 4) is 0 Å². The molecular weight excluding hydrogens is 973 g/mol. The van der Waals surface area contributed by atoms with Crippen LogP contribution in [0.1, 0.15) is 367 Å². The minimum atomic E-state index is -0.783. The topological polar surface area (TPSA) is 78.9 Å². The zero-order chi connectivity index (χ0) is 57.1. The van der Waals surface area contributed by atoms with Crippen molar-refractivity contribution in [2.75, 3.05) is 13.2 Å². The standard InChI is InChI=1S/C73H132O6/c1-4-7-10-13-16-19-22-25-28-31-33-34-35-36-37-38-39-40-41-43-45-48-51-54-57-60-63-66-72(75)78-69-70(68-77-71(74)65-62-59-56-53-50-47-44-30-27-24-21-18-15-12-9-6-3)79-73(76)67-64-61-58-55-52-49-46-42-32-29-26-23-20-17-14-11-8-5-2/h21-22,24-25,29-33,44,70H,4-20,23,26-28,34-43,45-69H2,1-3H3/b24-21-,25-22-,32-29-,33-31-,44-30-. The molecule has 0 saturated carbocycles. The molecule has 6 heteroatoms. The second kappa shape index (κ2) is 67.6. The summed E-state index contributed by atoms with van der Waals surface area (Å²) in [6, 6.07) is 0. The van der Waals surface area contributed by atoms with Crippen LogP contribution in [0.2, 0.25) is 0 Å². The highest BCUT2D eigenvalue weighted by Gasteiger charge is 2.19. The van der Waals surface area contributed by atoms with Gasteiger partial charge >= 0.3 is 17.9 Å². The van der Waals surface area contributed by atoms with E-state index in [0.717, 1.165) is 83.5 Å². The molecule has 0 heterocycles. The summed E-state index contributed by atoms with van der Waals surface area (Å²) in [4.78, 5) is 38.4. The Bertz CT molecular complexity index is 1410. The number of hydrogen-bond acceptors (Lipinski definition) is 6. The van der Waals surface area contributed by atoms with Gasteiger partial charge in [0.15, 0.2) is 6.10 Å². The molecule has 0 fully saturated rings. The normalized spacial score (nSPS) is 12.4. The molecule has 0 aromatic heterocycles. The summed E-state index contributed by atoms with van der Waals surface area (Å²) in [5.74, 6) is -0.875. The van der Waals surface area contributed by atoms with Crippen molar-refractivity contribution in [2.24, 2.45) is 0 Å². The number of esters is 3. The van der Waals surface area contributed by atoms with Crippen LogP contribution in [0.4, 0.5) is 0 Å². The van der Waals surface area contributed by atoms with Gasteiger partial charge in [-0.3, -0.25) is 14.4 Å². The first kappa shape index (κ1) is 76.1. The maximum absolute atomic E-state index is 12.9. The molecule has 0 bridgehead atoms. The van der Waals surface area contributed by atoms with Gasteiger partial charge in [0.1, 0.15) is 13.2 Å². The minimum Gasteiger partial charge on any atom is -0.462 e. The summed E-state index contributed by atoms with van der Waals surface area (Å²) in [5.41, 5.74) is 0. The maximum atomic E-state index is 12.9. The molecule has 0 aromatic carbocycles. The van der Waals surface area contributed by atoms with Gasteiger partial charge in [0, 0.05) is 19.3 Å². The molecule has 79 heavy (non-hydrogen) atoms. The lowest BCUT2D eigenvalue weighted by Gasteiger charge is -2.18. The van der Waals surface area contributed by atoms with Crippen molar-refractivity contribution >= 4 is 17.9 Å². The third-order valence-corrected chi connectivity index (χ3v) is 15.5. The van der Waals surface area contributed by atoms with Crippen molar-refractivity contribution in [3.05, 3.63) is 60.8 Å². The summed E-state index contributed by atoms with van der Waals surface area (Å²) < 4.78 is 17.0. The van der Waals surface area contributed by atoms with E-state index in [4.69, 9.17) is 14.2 Å². The second-order valence-corrected chi connectivity index (χ2v) is 23.4. The van der Waals surface area contributed by atoms with E-state index in [9.17, 15) is 14.4 Å². The fourth-order valence-electron chi connectivity index (χ4n) is 10.2. The van der Waals surface area contributed by atoms with Gasteiger partial charge in [0.2, 0.25) is 0 Å². The Morgan fingerprint density at radius 3 is 0.722 bits per heavy atom. The summed E-state index contributed by atoms with van der Waals surface area (Å²) in [7, 11) is 0. The molecule has 460 valence electrons. The number of carbonyl (C=O) groups excluding carboxylic acids is 3. The molecule has 0 aliphatic heterocycles. The Morgan fingerprint density at radius 2 is 0.456 bits per heavy atom. The Balaban J connectivity index is 4.29. The Morgan fingerprint density at radius 1 is 0.253 bits per heavy atom. The number of carbonyl (C=O) groups is 3. The number of hydrogen-bond donors (Lipinski definition) is 0. The van der Waals surface area contributed by atoms with Gasteiger partial charge in [-0.25, -0.2) is 0 Å². The number of allylic oxidation sites excluding steroid dienone is 10. The van der Waals surface area contributed by atoms with Crippen molar-refractivity contribution in [1.29, 1.82) is 0 Å². The van der Waals surface area contributed by atoms with Gasteiger partial charge in [0.05, 0.1) is 0 Å². The quantitative estimate of drug-likeness (QED) is 0.0261. The molecule has 1 unspecified atom stereocenters. The highest BCUT2D eigenvalue weighted by Crippen LogP contribution is 2.17. The monoisotopic (exact) mass is 1110 g/mol. The van der Waals surface area contributed by atoms with Crippen LogP contribution < -0.4 is 0 Å². The zero-order valence-corrected chi connectivity index (χ0v) is 52.9. The maximum Gasteiger partial charge on any atom is 0.306 e. The Labute approximate surface area is 491 Å². The third-order valence-electron chi connectivity index (χ3n) is 15.5. The van der Waals surface area contributed by atoms with Crippen molar-refractivity contribution in [1.82, 2.24) is 0 Å². The molecule has 0 amide bonds. The number of unbranched alkanes of at least 4 members (excludes halogenated alkanes) is 43. The average Bonchev–Trinajstić information content (AvgIpc) is 3.45. The van der Waals surface area contributed by atoms with Crippen LogP contribution in [0.5, 0.6) is 0 Å². The molecular formula is C73H132O6. The van der Waals surface area contributed by atoms with E-state index in [2.05, 4.69) is 81.5 Å². The molecule has 0 radical (unpaired) electrons. The average molecular weight is 1110 g/mol. The van der Waals surface area contributed by atoms with Crippen LogP contribution in [0.25, 0.3) is 0 Å². The van der Waals surface area contributed by atoms with E-state index >= 15 is 0 Å². The van der Waals surface area contributed by atoms with Crippen molar-refractivity contribution in [3.63, 3.8) is 0 Å². The van der Waals surface area contributed by atoms with Crippen LogP contribution in [-0.4, -0.2) is 37.2 Å². The zero-order valence-electron chi connectivity index (χ0n) is 52.9. The van der Waals surface area contributed by atoms with Gasteiger partial charge in [-0.1, -0.05) is 300 Å². The van der Waals surface area contributed by atoms with Crippen molar-refractivity contribution < 1.29 is 28.6 Å². The lowest BCUT2D eigenvalue weighted by molar-refractivity contribution is -0.167. The Kier molecular flexibility index (Phi) is 65.1. The van der Waals surface area contributed by atoms with Gasteiger partial charge in [0.25, 0.3) is 0 Å². The van der Waals surface area contributed by atoms with E-state index in [1.54, 1.807) is 0 Å². The molecule has 0 rings (SSSR count). The predicted octanol–water partition coefficient (Wildman–Crippen LogP) is 23.9. The lowest BCUT2D eigenvalue weighted by Crippen LogP contribution is -2.30. The van der Waals surface area contributed by atoms with Gasteiger partial charge in [-0.2, -0.15) is 0 Å². The van der Waals surface area contributed by atoms with Crippen LogP contribution in [0.15, 0.2) is 60.8 Å². The molecule has 0 spiro atoms.